The second-order valence-corrected chi connectivity index (χ2v) is 12.0. The summed E-state index contributed by atoms with van der Waals surface area (Å²) >= 11 is 0. The summed E-state index contributed by atoms with van der Waals surface area (Å²) in [6, 6.07) is 54.8. The molecule has 0 bridgehead atoms. The van der Waals surface area contributed by atoms with Gasteiger partial charge in [-0.05, 0) is 68.4 Å². The number of fused-ring (bicyclic) bond motifs is 10. The zero-order valence-electron chi connectivity index (χ0n) is 24.4. The molecule has 0 fully saturated rings. The summed E-state index contributed by atoms with van der Waals surface area (Å²) in [6.45, 7) is 0. The third-order valence-electron chi connectivity index (χ3n) is 9.58. The number of anilines is 1. The van der Waals surface area contributed by atoms with E-state index in [0.717, 1.165) is 22.6 Å². The highest BCUT2D eigenvalue weighted by molar-refractivity contribution is 6.28. The fourth-order valence-corrected chi connectivity index (χ4v) is 7.71. The standard InChI is InChI=1S/C42H27N3/c1-2-13-26(14-3-1)41-42(44-36-23-10-9-22-35(36)43-41)45-37-24-11-8-19-32(37)40-33-21-12-20-31-29-17-6-4-15-27(29)28-16-5-7-18-30(28)34(39(31)33)25-38(40)45/h1-25,42,44H. The molecule has 3 heteroatoms. The number of hydrogen-bond acceptors (Lipinski definition) is 2. The largest absolute Gasteiger partial charge is 0.358 e. The van der Waals surface area contributed by atoms with Crippen molar-refractivity contribution in [2.75, 3.05) is 5.32 Å². The van der Waals surface area contributed by atoms with E-state index < -0.39 is 0 Å². The van der Waals surface area contributed by atoms with E-state index in [1.165, 1.54) is 66.0 Å². The molecule has 1 atom stereocenters. The van der Waals surface area contributed by atoms with Gasteiger partial charge in [0.25, 0.3) is 0 Å². The average Bonchev–Trinajstić information content (AvgIpc) is 3.39. The smallest absolute Gasteiger partial charge is 0.148 e. The normalized spacial score (nSPS) is 14.8. The summed E-state index contributed by atoms with van der Waals surface area (Å²) in [5.74, 6) is 0. The van der Waals surface area contributed by atoms with Crippen molar-refractivity contribution < 1.29 is 0 Å². The predicted octanol–water partition coefficient (Wildman–Crippen LogP) is 11.0. The summed E-state index contributed by atoms with van der Waals surface area (Å²) in [4.78, 5) is 5.31. The summed E-state index contributed by atoms with van der Waals surface area (Å²) in [6.07, 6.45) is -0.212. The van der Waals surface area contributed by atoms with Gasteiger partial charge in [0.2, 0.25) is 0 Å². The summed E-state index contributed by atoms with van der Waals surface area (Å²) in [5.41, 5.74) is 14.1. The molecule has 45 heavy (non-hydrogen) atoms. The Morgan fingerprint density at radius 3 is 1.87 bits per heavy atom. The number of hydrogen-bond donors (Lipinski definition) is 1. The van der Waals surface area contributed by atoms with Crippen LogP contribution in [0.25, 0.3) is 66.0 Å². The van der Waals surface area contributed by atoms with E-state index in [-0.39, 0.29) is 6.17 Å². The predicted molar refractivity (Wildman–Crippen MR) is 189 cm³/mol. The highest BCUT2D eigenvalue weighted by atomic mass is 15.2. The highest BCUT2D eigenvalue weighted by Gasteiger charge is 2.30. The van der Waals surface area contributed by atoms with Crippen molar-refractivity contribution in [3.63, 3.8) is 0 Å². The maximum absolute atomic E-state index is 5.31. The van der Waals surface area contributed by atoms with Crippen LogP contribution < -0.4 is 5.32 Å². The Morgan fingerprint density at radius 2 is 1.07 bits per heavy atom. The lowest BCUT2D eigenvalue weighted by atomic mass is 9.91. The molecule has 0 spiro atoms. The molecule has 2 aliphatic rings. The van der Waals surface area contributed by atoms with Gasteiger partial charge in [-0.2, -0.15) is 0 Å². The molecule has 8 aromatic rings. The minimum absolute atomic E-state index is 0.212. The quantitative estimate of drug-likeness (QED) is 0.219. The topological polar surface area (TPSA) is 29.3 Å². The Balaban J connectivity index is 1.37. The van der Waals surface area contributed by atoms with Crippen LogP contribution >= 0.6 is 0 Å². The van der Waals surface area contributed by atoms with Gasteiger partial charge in [-0.15, -0.1) is 0 Å². The first-order valence-electron chi connectivity index (χ1n) is 15.5. The maximum atomic E-state index is 5.31. The lowest BCUT2D eigenvalue weighted by Gasteiger charge is -2.30. The van der Waals surface area contributed by atoms with Gasteiger partial charge in [0.05, 0.1) is 28.1 Å². The highest BCUT2D eigenvalue weighted by Crippen LogP contribution is 2.51. The molecule has 7 aromatic carbocycles. The monoisotopic (exact) mass is 573 g/mol. The van der Waals surface area contributed by atoms with Crippen LogP contribution in [0, 0.1) is 0 Å². The number of nitrogens with zero attached hydrogens (tertiary/aromatic N) is 2. The number of aliphatic imine (C=N–C) groups is 1. The van der Waals surface area contributed by atoms with Crippen molar-refractivity contribution in [1.29, 1.82) is 0 Å². The summed E-state index contributed by atoms with van der Waals surface area (Å²) in [5, 5.41) is 9.02. The molecule has 1 N–H and O–H groups in total. The lowest BCUT2D eigenvalue weighted by molar-refractivity contribution is 0.759. The van der Waals surface area contributed by atoms with Gasteiger partial charge >= 0.3 is 0 Å². The lowest BCUT2D eigenvalue weighted by Crippen LogP contribution is -2.30. The van der Waals surface area contributed by atoms with Crippen LogP contribution in [-0.2, 0) is 0 Å². The van der Waals surface area contributed by atoms with Gasteiger partial charge < -0.3 is 9.88 Å². The summed E-state index contributed by atoms with van der Waals surface area (Å²) in [7, 11) is 0. The van der Waals surface area contributed by atoms with Crippen molar-refractivity contribution in [2.24, 2.45) is 4.99 Å². The molecule has 1 aromatic heterocycles. The molecular weight excluding hydrogens is 546 g/mol. The molecule has 0 saturated heterocycles. The van der Waals surface area contributed by atoms with Gasteiger partial charge in [-0.3, -0.25) is 0 Å². The van der Waals surface area contributed by atoms with E-state index in [1.54, 1.807) is 0 Å². The second-order valence-electron chi connectivity index (χ2n) is 12.0. The molecule has 2 heterocycles. The van der Waals surface area contributed by atoms with Crippen LogP contribution in [0.15, 0.2) is 157 Å². The van der Waals surface area contributed by atoms with E-state index in [4.69, 9.17) is 4.99 Å². The fraction of sp³-hybridized carbons (Fsp3) is 0.0238. The van der Waals surface area contributed by atoms with Crippen molar-refractivity contribution in [3.05, 3.63) is 157 Å². The molecular formula is C42H27N3. The number of aromatic nitrogens is 1. The van der Waals surface area contributed by atoms with Crippen LogP contribution in [0.5, 0.6) is 0 Å². The zero-order valence-corrected chi connectivity index (χ0v) is 24.4. The molecule has 10 rings (SSSR count). The molecule has 1 unspecified atom stereocenters. The first-order valence-corrected chi connectivity index (χ1v) is 15.5. The third kappa shape index (κ3) is 3.44. The first kappa shape index (κ1) is 24.5. The maximum Gasteiger partial charge on any atom is 0.148 e. The van der Waals surface area contributed by atoms with Crippen LogP contribution in [0.4, 0.5) is 11.4 Å². The van der Waals surface area contributed by atoms with Gasteiger partial charge in [-0.25, -0.2) is 4.99 Å². The Labute approximate surface area is 260 Å². The fourth-order valence-electron chi connectivity index (χ4n) is 7.71. The van der Waals surface area contributed by atoms with Gasteiger partial charge in [0.1, 0.15) is 6.17 Å². The molecule has 1 aliphatic carbocycles. The Kier molecular flexibility index (Phi) is 5.06. The van der Waals surface area contributed by atoms with Crippen LogP contribution in [0.2, 0.25) is 0 Å². The molecule has 0 saturated carbocycles. The van der Waals surface area contributed by atoms with Crippen molar-refractivity contribution in [3.8, 4) is 33.4 Å². The molecule has 0 amide bonds. The van der Waals surface area contributed by atoms with Gasteiger partial charge in [0, 0.05) is 16.3 Å². The molecule has 210 valence electrons. The molecule has 3 nitrogen and oxygen atoms in total. The molecule has 0 radical (unpaired) electrons. The van der Waals surface area contributed by atoms with Crippen molar-refractivity contribution in [2.45, 2.75) is 6.17 Å². The van der Waals surface area contributed by atoms with E-state index in [2.05, 4.69) is 162 Å². The number of benzene rings is 7. The molecule has 1 aliphatic heterocycles. The summed E-state index contributed by atoms with van der Waals surface area (Å²) < 4.78 is 2.48. The number of rotatable bonds is 2. The van der Waals surface area contributed by atoms with Crippen molar-refractivity contribution in [1.82, 2.24) is 4.57 Å². The van der Waals surface area contributed by atoms with Crippen LogP contribution in [-0.4, -0.2) is 10.3 Å². The van der Waals surface area contributed by atoms with E-state index in [1.807, 2.05) is 0 Å². The van der Waals surface area contributed by atoms with E-state index in [9.17, 15) is 0 Å². The van der Waals surface area contributed by atoms with Crippen molar-refractivity contribution >= 4 is 49.7 Å². The first-order chi connectivity index (χ1) is 22.3. The van der Waals surface area contributed by atoms with Crippen LogP contribution in [0.3, 0.4) is 0 Å². The van der Waals surface area contributed by atoms with E-state index in [0.29, 0.717) is 0 Å². The Hall–Kier alpha value is -5.93. The van der Waals surface area contributed by atoms with Gasteiger partial charge in [-0.1, -0.05) is 127 Å². The minimum atomic E-state index is -0.212. The van der Waals surface area contributed by atoms with E-state index >= 15 is 0 Å². The minimum Gasteiger partial charge on any atom is -0.358 e. The van der Waals surface area contributed by atoms with Crippen LogP contribution in [0.1, 0.15) is 11.7 Å². The van der Waals surface area contributed by atoms with Gasteiger partial charge in [0.15, 0.2) is 0 Å². The SMILES string of the molecule is c1ccc(C2=Nc3ccccc3NC2n2c3ccccc3c3c4cccc5c4c(cc32)-c2ccccc2-c2ccccc2-5)cc1. The Bertz CT molecular complexity index is 2520. The average molecular weight is 574 g/mol. The Morgan fingerprint density at radius 1 is 0.467 bits per heavy atom. The number of para-hydroxylation sites is 3. The number of nitrogens with one attached hydrogen (secondary N) is 1. The third-order valence-corrected chi connectivity index (χ3v) is 9.58. The zero-order chi connectivity index (χ0) is 29.5. The second kappa shape index (κ2) is 9.28.